The third-order valence-corrected chi connectivity index (χ3v) is 2.47. The van der Waals surface area contributed by atoms with Gasteiger partial charge in [0.05, 0.1) is 5.56 Å². The van der Waals surface area contributed by atoms with Gasteiger partial charge in [0.1, 0.15) is 5.76 Å². The van der Waals surface area contributed by atoms with Crippen molar-refractivity contribution in [3.8, 4) is 0 Å². The van der Waals surface area contributed by atoms with Gasteiger partial charge in [-0.15, -0.1) is 0 Å². The summed E-state index contributed by atoms with van der Waals surface area (Å²) in [5, 5.41) is 0. The van der Waals surface area contributed by atoms with Crippen LogP contribution < -0.4 is 5.73 Å². The Morgan fingerprint density at radius 2 is 1.93 bits per heavy atom. The largest absolute Gasteiger partial charge is 0.455 e. The summed E-state index contributed by atoms with van der Waals surface area (Å²) in [5.41, 5.74) is 6.63. The molecule has 1 aromatic heterocycles. The Bertz CT molecular complexity index is 404. The SMILES string of the molecule is Cc1oc(C(N)=O)c(C)c1C1OC(C)O1. The fourth-order valence-electron chi connectivity index (χ4n) is 1.74. The van der Waals surface area contributed by atoms with E-state index in [1.165, 1.54) is 0 Å². The second kappa shape index (κ2) is 3.36. The summed E-state index contributed by atoms with van der Waals surface area (Å²) in [6.07, 6.45) is -0.641. The predicted molar refractivity (Wildman–Crippen MR) is 51.1 cm³/mol. The summed E-state index contributed by atoms with van der Waals surface area (Å²) >= 11 is 0. The number of aryl methyl sites for hydroxylation is 1. The number of hydrogen-bond donors (Lipinski definition) is 1. The summed E-state index contributed by atoms with van der Waals surface area (Å²) in [4.78, 5) is 11.0. The van der Waals surface area contributed by atoms with Crippen molar-refractivity contribution in [2.24, 2.45) is 5.73 Å². The van der Waals surface area contributed by atoms with Gasteiger partial charge in [-0.25, -0.2) is 0 Å². The first-order chi connectivity index (χ1) is 7.00. The van der Waals surface area contributed by atoms with Gasteiger partial charge < -0.3 is 19.6 Å². The number of nitrogens with two attached hydrogens (primary N) is 1. The van der Waals surface area contributed by atoms with Crippen molar-refractivity contribution in [2.45, 2.75) is 33.4 Å². The van der Waals surface area contributed by atoms with Gasteiger partial charge >= 0.3 is 0 Å². The molecule has 15 heavy (non-hydrogen) atoms. The normalized spacial score (nSPS) is 25.0. The van der Waals surface area contributed by atoms with Crippen LogP contribution in [-0.4, -0.2) is 12.2 Å². The van der Waals surface area contributed by atoms with Crippen LogP contribution in [0.1, 0.15) is 40.7 Å². The maximum absolute atomic E-state index is 11.0. The molecule has 2 rings (SSSR count). The first-order valence-electron chi connectivity index (χ1n) is 4.71. The summed E-state index contributed by atoms with van der Waals surface area (Å²) < 4.78 is 16.0. The van der Waals surface area contributed by atoms with Crippen LogP contribution in [-0.2, 0) is 9.47 Å². The molecule has 2 N–H and O–H groups in total. The molecule has 0 aromatic carbocycles. The van der Waals surface area contributed by atoms with Crippen LogP contribution in [0.25, 0.3) is 0 Å². The molecule has 1 aliphatic rings. The summed E-state index contributed by atoms with van der Waals surface area (Å²) in [5.74, 6) is 0.210. The topological polar surface area (TPSA) is 74.7 Å². The quantitative estimate of drug-likeness (QED) is 0.802. The highest BCUT2D eigenvalue weighted by Gasteiger charge is 2.34. The summed E-state index contributed by atoms with van der Waals surface area (Å²) in [7, 11) is 0. The smallest absolute Gasteiger partial charge is 0.284 e. The zero-order valence-electron chi connectivity index (χ0n) is 8.87. The zero-order valence-corrected chi connectivity index (χ0v) is 8.87. The number of primary amides is 1. The van der Waals surface area contributed by atoms with Gasteiger partial charge in [-0.1, -0.05) is 0 Å². The number of amides is 1. The van der Waals surface area contributed by atoms with Crippen molar-refractivity contribution >= 4 is 5.91 Å². The van der Waals surface area contributed by atoms with Crippen molar-refractivity contribution in [3.63, 3.8) is 0 Å². The van der Waals surface area contributed by atoms with Gasteiger partial charge in [-0.05, 0) is 20.8 Å². The summed E-state index contributed by atoms with van der Waals surface area (Å²) in [6, 6.07) is 0. The Labute approximate surface area is 87.1 Å². The number of furan rings is 1. The summed E-state index contributed by atoms with van der Waals surface area (Å²) in [6.45, 7) is 5.32. The first kappa shape index (κ1) is 10.2. The number of carbonyl (C=O) groups is 1. The van der Waals surface area contributed by atoms with E-state index in [1.807, 2.05) is 0 Å². The maximum Gasteiger partial charge on any atom is 0.284 e. The molecule has 0 unspecified atom stereocenters. The number of rotatable bonds is 2. The second-order valence-corrected chi connectivity index (χ2v) is 3.56. The molecule has 82 valence electrons. The van der Waals surface area contributed by atoms with Crippen LogP contribution in [0.2, 0.25) is 0 Å². The van der Waals surface area contributed by atoms with E-state index in [2.05, 4.69) is 0 Å². The lowest BCUT2D eigenvalue weighted by Gasteiger charge is -2.33. The van der Waals surface area contributed by atoms with Crippen molar-refractivity contribution in [3.05, 3.63) is 22.6 Å². The Hall–Kier alpha value is -1.33. The predicted octanol–water partition coefficient (Wildman–Crippen LogP) is 1.39. The molecule has 1 aromatic rings. The highest BCUT2D eigenvalue weighted by Crippen LogP contribution is 2.37. The molecule has 1 amide bonds. The lowest BCUT2D eigenvalue weighted by molar-refractivity contribution is -0.383. The van der Waals surface area contributed by atoms with Gasteiger partial charge in [0.2, 0.25) is 0 Å². The van der Waals surface area contributed by atoms with E-state index < -0.39 is 12.2 Å². The number of hydrogen-bond acceptors (Lipinski definition) is 4. The van der Waals surface area contributed by atoms with Crippen LogP contribution in [0.15, 0.2) is 4.42 Å². The molecule has 1 aliphatic heterocycles. The molecule has 0 aliphatic carbocycles. The van der Waals surface area contributed by atoms with Crippen molar-refractivity contribution in [1.29, 1.82) is 0 Å². The van der Waals surface area contributed by atoms with E-state index in [-0.39, 0.29) is 12.1 Å². The van der Waals surface area contributed by atoms with E-state index in [0.29, 0.717) is 11.3 Å². The van der Waals surface area contributed by atoms with Gasteiger partial charge in [0, 0.05) is 5.56 Å². The van der Waals surface area contributed by atoms with Gasteiger partial charge in [-0.3, -0.25) is 4.79 Å². The minimum absolute atomic E-state index is 0.175. The maximum atomic E-state index is 11.0. The minimum atomic E-state index is -0.575. The van der Waals surface area contributed by atoms with Crippen molar-refractivity contribution in [1.82, 2.24) is 0 Å². The average molecular weight is 211 g/mol. The molecule has 1 fully saturated rings. The third-order valence-electron chi connectivity index (χ3n) is 2.47. The van der Waals surface area contributed by atoms with E-state index in [4.69, 9.17) is 19.6 Å². The average Bonchev–Trinajstić information content (AvgIpc) is 2.38. The lowest BCUT2D eigenvalue weighted by Crippen LogP contribution is -2.32. The Morgan fingerprint density at radius 1 is 1.33 bits per heavy atom. The van der Waals surface area contributed by atoms with E-state index in [0.717, 1.165) is 5.56 Å². The highest BCUT2D eigenvalue weighted by atomic mass is 16.9. The fraction of sp³-hybridized carbons (Fsp3) is 0.500. The van der Waals surface area contributed by atoms with Gasteiger partial charge in [0.15, 0.2) is 18.3 Å². The number of ether oxygens (including phenoxy) is 2. The van der Waals surface area contributed by atoms with Crippen LogP contribution in [0.3, 0.4) is 0 Å². The molecule has 0 spiro atoms. The van der Waals surface area contributed by atoms with Crippen molar-refractivity contribution in [2.75, 3.05) is 0 Å². The van der Waals surface area contributed by atoms with E-state index >= 15 is 0 Å². The molecular weight excluding hydrogens is 198 g/mol. The molecule has 2 heterocycles. The second-order valence-electron chi connectivity index (χ2n) is 3.56. The van der Waals surface area contributed by atoms with Crippen LogP contribution >= 0.6 is 0 Å². The Morgan fingerprint density at radius 3 is 2.33 bits per heavy atom. The minimum Gasteiger partial charge on any atom is -0.455 e. The van der Waals surface area contributed by atoms with Gasteiger partial charge in [0.25, 0.3) is 5.91 Å². The fourth-order valence-corrected chi connectivity index (χ4v) is 1.74. The van der Waals surface area contributed by atoms with E-state index in [9.17, 15) is 4.79 Å². The molecular formula is C10H13NO4. The Balaban J connectivity index is 2.35. The molecule has 0 radical (unpaired) electrons. The first-order valence-corrected chi connectivity index (χ1v) is 4.71. The van der Waals surface area contributed by atoms with Crippen LogP contribution in [0.5, 0.6) is 0 Å². The molecule has 5 nitrogen and oxygen atoms in total. The lowest BCUT2D eigenvalue weighted by atomic mass is 10.1. The van der Waals surface area contributed by atoms with Gasteiger partial charge in [-0.2, -0.15) is 0 Å². The zero-order chi connectivity index (χ0) is 11.2. The Kier molecular flexibility index (Phi) is 2.28. The molecule has 5 heteroatoms. The number of carbonyl (C=O) groups excluding carboxylic acids is 1. The van der Waals surface area contributed by atoms with Crippen molar-refractivity contribution < 1.29 is 18.7 Å². The highest BCUT2D eigenvalue weighted by molar-refractivity contribution is 5.91. The molecule has 0 atom stereocenters. The standard InChI is InChI=1S/C10H13NO4/c1-4-7(10-14-6(3)15-10)5(2)13-8(4)9(11)12/h6,10H,1-3H3,(H2,11,12). The molecule has 1 saturated heterocycles. The van der Waals surface area contributed by atoms with Crippen LogP contribution in [0.4, 0.5) is 0 Å². The monoisotopic (exact) mass is 211 g/mol. The molecule has 0 bridgehead atoms. The third kappa shape index (κ3) is 1.53. The van der Waals surface area contributed by atoms with Crippen LogP contribution in [0, 0.1) is 13.8 Å². The molecule has 0 saturated carbocycles. The van der Waals surface area contributed by atoms with E-state index in [1.54, 1.807) is 20.8 Å².